The van der Waals surface area contributed by atoms with Crippen molar-refractivity contribution in [2.75, 3.05) is 18.6 Å². The number of nitrogens with one attached hydrogen (secondary N) is 1. The average molecular weight is 451 g/mol. The summed E-state index contributed by atoms with van der Waals surface area (Å²) in [6.45, 7) is 2.71. The molecule has 7 nitrogen and oxygen atoms in total. The van der Waals surface area contributed by atoms with Crippen LogP contribution in [0.15, 0.2) is 70.8 Å². The van der Waals surface area contributed by atoms with Gasteiger partial charge in [0.05, 0.1) is 19.4 Å². The van der Waals surface area contributed by atoms with Gasteiger partial charge in [-0.05, 0) is 67.7 Å². The van der Waals surface area contributed by atoms with Crippen molar-refractivity contribution >= 4 is 35.0 Å². The molecule has 1 N–H and O–H groups in total. The highest BCUT2D eigenvalue weighted by Gasteiger charge is 2.32. The molecule has 0 bridgehead atoms. The number of anilines is 1. The van der Waals surface area contributed by atoms with Crippen molar-refractivity contribution in [3.05, 3.63) is 77.9 Å². The zero-order valence-corrected chi connectivity index (χ0v) is 18.5. The summed E-state index contributed by atoms with van der Waals surface area (Å²) < 4.78 is 22.3. The minimum absolute atomic E-state index is 0.224. The van der Waals surface area contributed by atoms with E-state index in [1.165, 1.54) is 4.90 Å². The van der Waals surface area contributed by atoms with Crippen molar-refractivity contribution in [2.45, 2.75) is 13.5 Å². The van der Waals surface area contributed by atoms with Crippen LogP contribution in [-0.4, -0.2) is 24.7 Å². The second kappa shape index (κ2) is 9.57. The lowest BCUT2D eigenvalue weighted by Crippen LogP contribution is -2.30. The fraction of sp³-hybridized carbons (Fsp3) is 0.167. The van der Waals surface area contributed by atoms with Gasteiger partial charge in [0.25, 0.3) is 5.91 Å². The van der Waals surface area contributed by atoms with Gasteiger partial charge in [0, 0.05) is 6.08 Å². The monoisotopic (exact) mass is 450 g/mol. The summed E-state index contributed by atoms with van der Waals surface area (Å²) in [6, 6.07) is 18.1. The molecule has 0 saturated carbocycles. The number of carbonyl (C=O) groups excluding carboxylic acids is 1. The number of amides is 1. The van der Waals surface area contributed by atoms with Crippen LogP contribution in [0.3, 0.4) is 0 Å². The number of nitrogens with zero attached hydrogens (tertiary/aromatic N) is 1. The molecule has 2 heterocycles. The van der Waals surface area contributed by atoms with E-state index < -0.39 is 0 Å². The van der Waals surface area contributed by atoms with Crippen LogP contribution in [0.4, 0.5) is 5.69 Å². The average Bonchev–Trinajstić information content (AvgIpc) is 3.37. The van der Waals surface area contributed by atoms with Crippen LogP contribution < -0.4 is 24.4 Å². The minimum atomic E-state index is -0.262. The molecule has 2 aromatic carbocycles. The van der Waals surface area contributed by atoms with E-state index in [1.807, 2.05) is 31.2 Å². The molecule has 8 heteroatoms. The first-order valence-corrected chi connectivity index (χ1v) is 10.4. The van der Waals surface area contributed by atoms with Gasteiger partial charge in [-0.2, -0.15) is 0 Å². The first-order valence-electron chi connectivity index (χ1n) is 10.0. The Labute approximate surface area is 191 Å². The first-order chi connectivity index (χ1) is 15.6. The minimum Gasteiger partial charge on any atom is -0.494 e. The maximum absolute atomic E-state index is 12.9. The van der Waals surface area contributed by atoms with Gasteiger partial charge in [-0.15, -0.1) is 0 Å². The molecule has 1 aromatic heterocycles. The number of benzene rings is 2. The van der Waals surface area contributed by atoms with E-state index in [-0.39, 0.29) is 12.5 Å². The number of furan rings is 1. The summed E-state index contributed by atoms with van der Waals surface area (Å²) in [5, 5.41) is 3.26. The summed E-state index contributed by atoms with van der Waals surface area (Å²) in [6.07, 6.45) is 1.62. The van der Waals surface area contributed by atoms with Gasteiger partial charge in [-0.1, -0.05) is 12.1 Å². The second-order valence-electron chi connectivity index (χ2n) is 6.80. The topological polar surface area (TPSA) is 73.2 Å². The zero-order chi connectivity index (χ0) is 22.5. The normalized spacial score (nSPS) is 14.6. The van der Waals surface area contributed by atoms with E-state index in [2.05, 4.69) is 5.32 Å². The van der Waals surface area contributed by atoms with Crippen molar-refractivity contribution in [2.24, 2.45) is 0 Å². The Kier molecular flexibility index (Phi) is 6.42. The molecule has 1 aliphatic heterocycles. The lowest BCUT2D eigenvalue weighted by atomic mass is 10.2. The van der Waals surface area contributed by atoms with Crippen LogP contribution in [0.1, 0.15) is 18.4 Å². The molecule has 0 aliphatic carbocycles. The maximum atomic E-state index is 12.9. The van der Waals surface area contributed by atoms with Gasteiger partial charge in [0.2, 0.25) is 0 Å². The van der Waals surface area contributed by atoms with E-state index in [9.17, 15) is 4.79 Å². The SMILES string of the molecule is CCOc1ccc(N2C(=O)/C(=C\c3ccc(COc4ccccc4OC)o3)NC2=S)cc1. The van der Waals surface area contributed by atoms with E-state index in [0.717, 1.165) is 5.75 Å². The third kappa shape index (κ3) is 4.60. The van der Waals surface area contributed by atoms with Crippen molar-refractivity contribution in [3.63, 3.8) is 0 Å². The fourth-order valence-corrected chi connectivity index (χ4v) is 3.50. The molecule has 32 heavy (non-hydrogen) atoms. The molecular weight excluding hydrogens is 428 g/mol. The molecule has 1 aliphatic rings. The third-order valence-corrected chi connectivity index (χ3v) is 4.98. The Bertz CT molecular complexity index is 1150. The summed E-state index contributed by atoms with van der Waals surface area (Å²) >= 11 is 5.36. The molecule has 0 atom stereocenters. The summed E-state index contributed by atoms with van der Waals surface area (Å²) in [5.74, 6) is 2.86. The van der Waals surface area contributed by atoms with Crippen LogP contribution >= 0.6 is 12.2 Å². The molecule has 164 valence electrons. The standard InChI is InChI=1S/C24H22N2O5S/c1-3-29-17-10-8-16(9-11-17)26-23(27)20(25-24(26)32)14-18-12-13-19(31-18)15-30-22-7-5-4-6-21(22)28-2/h4-14H,3,15H2,1-2H3,(H,25,32)/b20-14+. The Morgan fingerprint density at radius 3 is 2.50 bits per heavy atom. The Morgan fingerprint density at radius 2 is 1.78 bits per heavy atom. The zero-order valence-electron chi connectivity index (χ0n) is 17.7. The van der Waals surface area contributed by atoms with Crippen molar-refractivity contribution in [1.29, 1.82) is 0 Å². The van der Waals surface area contributed by atoms with E-state index in [0.29, 0.717) is 46.1 Å². The molecular formula is C24H22N2O5S. The van der Waals surface area contributed by atoms with Crippen molar-refractivity contribution < 1.29 is 23.4 Å². The molecule has 0 radical (unpaired) electrons. The van der Waals surface area contributed by atoms with Gasteiger partial charge >= 0.3 is 0 Å². The summed E-state index contributed by atoms with van der Waals surface area (Å²) in [4.78, 5) is 14.4. The number of methoxy groups -OCH3 is 1. The van der Waals surface area contributed by atoms with Crippen molar-refractivity contribution in [3.8, 4) is 17.2 Å². The number of para-hydroxylation sites is 2. The quantitative estimate of drug-likeness (QED) is 0.399. The van der Waals surface area contributed by atoms with E-state index in [1.54, 1.807) is 49.6 Å². The summed E-state index contributed by atoms with van der Waals surface area (Å²) in [7, 11) is 1.59. The van der Waals surface area contributed by atoms with Crippen LogP contribution in [-0.2, 0) is 11.4 Å². The highest BCUT2D eigenvalue weighted by Crippen LogP contribution is 2.28. The lowest BCUT2D eigenvalue weighted by Gasteiger charge is -2.14. The Morgan fingerprint density at radius 1 is 1.03 bits per heavy atom. The van der Waals surface area contributed by atoms with Gasteiger partial charge in [0.1, 0.15) is 29.6 Å². The van der Waals surface area contributed by atoms with Crippen LogP contribution in [0.2, 0.25) is 0 Å². The molecule has 0 unspecified atom stereocenters. The number of carbonyl (C=O) groups is 1. The predicted molar refractivity (Wildman–Crippen MR) is 125 cm³/mol. The van der Waals surface area contributed by atoms with Gasteiger partial charge in [0.15, 0.2) is 16.6 Å². The number of rotatable bonds is 8. The predicted octanol–water partition coefficient (Wildman–Crippen LogP) is 4.53. The lowest BCUT2D eigenvalue weighted by molar-refractivity contribution is -0.113. The molecule has 4 rings (SSSR count). The Hall–Kier alpha value is -3.78. The number of hydrogen-bond acceptors (Lipinski definition) is 6. The van der Waals surface area contributed by atoms with E-state index >= 15 is 0 Å². The highest BCUT2D eigenvalue weighted by atomic mass is 32.1. The van der Waals surface area contributed by atoms with Gasteiger partial charge in [-0.25, -0.2) is 0 Å². The fourth-order valence-electron chi connectivity index (χ4n) is 3.21. The maximum Gasteiger partial charge on any atom is 0.281 e. The number of hydrogen-bond donors (Lipinski definition) is 1. The highest BCUT2D eigenvalue weighted by molar-refractivity contribution is 7.80. The van der Waals surface area contributed by atoms with Crippen LogP contribution in [0.5, 0.6) is 17.2 Å². The molecule has 3 aromatic rings. The number of thiocarbonyl (C=S) groups is 1. The van der Waals surface area contributed by atoms with Gasteiger partial charge < -0.3 is 23.9 Å². The van der Waals surface area contributed by atoms with Crippen LogP contribution in [0.25, 0.3) is 6.08 Å². The molecule has 1 fully saturated rings. The Balaban J connectivity index is 1.44. The first kappa shape index (κ1) is 21.5. The largest absolute Gasteiger partial charge is 0.494 e. The van der Waals surface area contributed by atoms with E-state index in [4.69, 9.17) is 30.8 Å². The number of ether oxygens (including phenoxy) is 3. The smallest absolute Gasteiger partial charge is 0.281 e. The van der Waals surface area contributed by atoms with Gasteiger partial charge in [-0.3, -0.25) is 9.69 Å². The van der Waals surface area contributed by atoms with Crippen LogP contribution in [0, 0.1) is 0 Å². The molecule has 0 spiro atoms. The van der Waals surface area contributed by atoms with Crippen molar-refractivity contribution in [1.82, 2.24) is 5.32 Å². The molecule has 1 amide bonds. The second-order valence-corrected chi connectivity index (χ2v) is 7.19. The summed E-state index contributed by atoms with van der Waals surface area (Å²) in [5.41, 5.74) is 0.986. The molecule has 1 saturated heterocycles. The third-order valence-electron chi connectivity index (χ3n) is 4.69.